The van der Waals surface area contributed by atoms with E-state index < -0.39 is 5.41 Å². The van der Waals surface area contributed by atoms with Crippen LogP contribution in [0.3, 0.4) is 0 Å². The molecule has 2 aromatic heterocycles. The quantitative estimate of drug-likeness (QED) is 0.546. The lowest BCUT2D eigenvalue weighted by atomic mass is 9.49. The van der Waals surface area contributed by atoms with E-state index in [9.17, 15) is 9.59 Å². The number of nitrogens with zero attached hydrogens (tertiary/aromatic N) is 1. The molecule has 0 spiro atoms. The Labute approximate surface area is 184 Å². The molecular weight excluding hydrogens is 420 g/mol. The fourth-order valence-corrected chi connectivity index (χ4v) is 9.23. The number of aromatic nitrogens is 2. The molecule has 2 heterocycles. The van der Waals surface area contributed by atoms with E-state index >= 15 is 0 Å². The summed E-state index contributed by atoms with van der Waals surface area (Å²) in [6.45, 7) is 2.28. The maximum Gasteiger partial charge on any atom is 0.312 e. The summed E-state index contributed by atoms with van der Waals surface area (Å²) < 4.78 is 5.76. The van der Waals surface area contributed by atoms with Crippen LogP contribution in [0.1, 0.15) is 68.1 Å². The molecule has 7 heteroatoms. The molecule has 0 aliphatic heterocycles. The summed E-state index contributed by atoms with van der Waals surface area (Å²) in [5.41, 5.74) is 0.632. The second kappa shape index (κ2) is 6.55. The Kier molecular flexibility index (Phi) is 4.21. The van der Waals surface area contributed by atoms with Gasteiger partial charge in [0.15, 0.2) is 0 Å². The van der Waals surface area contributed by atoms with Gasteiger partial charge in [-0.05, 0) is 81.1 Å². The van der Waals surface area contributed by atoms with E-state index in [0.29, 0.717) is 23.6 Å². The van der Waals surface area contributed by atoms with Gasteiger partial charge in [0.1, 0.15) is 17.3 Å². The lowest BCUT2D eigenvalue weighted by Crippen LogP contribution is -2.56. The van der Waals surface area contributed by atoms with Gasteiger partial charge in [-0.25, -0.2) is 4.98 Å². The molecule has 160 valence electrons. The Morgan fingerprint density at radius 2 is 2.07 bits per heavy atom. The van der Waals surface area contributed by atoms with Gasteiger partial charge in [-0.1, -0.05) is 6.92 Å². The molecule has 1 N–H and O–H groups in total. The lowest BCUT2D eigenvalue weighted by molar-refractivity contribution is -0.171. The Hall–Kier alpha value is -1.40. The fraction of sp³-hybridized carbons (Fsp3) is 0.696. The van der Waals surface area contributed by atoms with Crippen molar-refractivity contribution in [1.29, 1.82) is 0 Å². The standard InChI is InChI=1S/C23H27ClN2O3S/c1-12-2-3-15-16(4-12)30-20-18(15)19(27)25-17(26-20)10-29-21(28)22-6-13-5-14(7-22)9-23(24,8-13)11-22/h12-14H,2-11H2,1H3,(H,25,26,27)/t12-,13+,14+,22?,23?/m0/s1. The zero-order valence-electron chi connectivity index (χ0n) is 17.3. The van der Waals surface area contributed by atoms with Crippen LogP contribution in [0.5, 0.6) is 0 Å². The van der Waals surface area contributed by atoms with Gasteiger partial charge in [0, 0.05) is 9.75 Å². The number of ether oxygens (including phenoxy) is 1. The molecule has 7 rings (SSSR count). The number of halogens is 1. The molecule has 4 bridgehead atoms. The number of H-pyrrole nitrogens is 1. The Balaban J connectivity index is 1.23. The SMILES string of the molecule is C[C@H]1CCc2c(sc3nc(COC(=O)C45C[C@H]6C[C@@H](CC(Cl)(C6)C4)C5)[nH]c(=O)c23)C1. The first-order valence-electron chi connectivity index (χ1n) is 11.2. The van der Waals surface area contributed by atoms with E-state index in [-0.39, 0.29) is 23.0 Å². The Bertz CT molecular complexity index is 1090. The van der Waals surface area contributed by atoms with Crippen molar-refractivity contribution in [3.63, 3.8) is 0 Å². The van der Waals surface area contributed by atoms with Gasteiger partial charge in [-0.15, -0.1) is 22.9 Å². The molecule has 0 saturated heterocycles. The molecule has 4 fully saturated rings. The summed E-state index contributed by atoms with van der Waals surface area (Å²) in [5, 5.41) is 0.738. The third-order valence-electron chi connectivity index (χ3n) is 7.98. The van der Waals surface area contributed by atoms with Crippen molar-refractivity contribution in [3.8, 4) is 0 Å². The number of carbonyl (C=O) groups is 1. The highest BCUT2D eigenvalue weighted by Crippen LogP contribution is 2.64. The average molecular weight is 447 g/mol. The minimum Gasteiger partial charge on any atom is -0.457 e. The summed E-state index contributed by atoms with van der Waals surface area (Å²) in [4.78, 5) is 35.3. The van der Waals surface area contributed by atoms with E-state index in [1.807, 2.05) is 0 Å². The first-order valence-corrected chi connectivity index (χ1v) is 12.4. The van der Waals surface area contributed by atoms with Crippen LogP contribution in [0.15, 0.2) is 4.79 Å². The number of hydrogen-bond donors (Lipinski definition) is 1. The molecule has 5 aliphatic carbocycles. The molecule has 2 aromatic rings. The summed E-state index contributed by atoms with van der Waals surface area (Å²) in [6.07, 6.45) is 8.88. The highest BCUT2D eigenvalue weighted by atomic mass is 35.5. The number of fused-ring (bicyclic) bond motifs is 3. The first-order chi connectivity index (χ1) is 14.3. The van der Waals surface area contributed by atoms with Crippen LogP contribution in [0.4, 0.5) is 0 Å². The maximum atomic E-state index is 13.2. The Morgan fingerprint density at radius 3 is 2.80 bits per heavy atom. The van der Waals surface area contributed by atoms with Crippen molar-refractivity contribution in [3.05, 3.63) is 26.6 Å². The minimum absolute atomic E-state index is 0.0232. The zero-order valence-corrected chi connectivity index (χ0v) is 18.8. The van der Waals surface area contributed by atoms with E-state index in [1.165, 1.54) is 16.9 Å². The van der Waals surface area contributed by atoms with Crippen LogP contribution in [0.2, 0.25) is 0 Å². The van der Waals surface area contributed by atoms with Gasteiger partial charge in [0.05, 0.1) is 10.8 Å². The second-order valence-corrected chi connectivity index (χ2v) is 12.4. The monoisotopic (exact) mass is 446 g/mol. The number of alkyl halides is 1. The molecule has 0 unspecified atom stereocenters. The molecule has 30 heavy (non-hydrogen) atoms. The van der Waals surface area contributed by atoms with Gasteiger partial charge in [0.2, 0.25) is 0 Å². The van der Waals surface area contributed by atoms with Crippen molar-refractivity contribution in [2.24, 2.45) is 23.2 Å². The lowest BCUT2D eigenvalue weighted by Gasteiger charge is -2.58. The molecule has 0 aromatic carbocycles. The summed E-state index contributed by atoms with van der Waals surface area (Å²) in [6, 6.07) is 0. The van der Waals surface area contributed by atoms with Crippen LogP contribution in [0.25, 0.3) is 10.2 Å². The zero-order chi connectivity index (χ0) is 20.7. The molecule has 0 amide bonds. The van der Waals surface area contributed by atoms with E-state index in [1.54, 1.807) is 11.3 Å². The van der Waals surface area contributed by atoms with Gasteiger partial charge >= 0.3 is 5.97 Å². The second-order valence-electron chi connectivity index (χ2n) is 10.5. The smallest absolute Gasteiger partial charge is 0.312 e. The van der Waals surface area contributed by atoms with E-state index in [4.69, 9.17) is 16.3 Å². The highest BCUT2D eigenvalue weighted by molar-refractivity contribution is 7.18. The van der Waals surface area contributed by atoms with Crippen LogP contribution in [-0.2, 0) is 29.0 Å². The molecule has 0 radical (unpaired) electrons. The van der Waals surface area contributed by atoms with Crippen molar-refractivity contribution >= 4 is 39.1 Å². The van der Waals surface area contributed by atoms with Gasteiger partial charge in [0.25, 0.3) is 5.56 Å². The fourth-order valence-electron chi connectivity index (χ4n) is 7.14. The molecule has 4 saturated carbocycles. The van der Waals surface area contributed by atoms with Crippen molar-refractivity contribution in [2.75, 3.05) is 0 Å². The van der Waals surface area contributed by atoms with Crippen molar-refractivity contribution < 1.29 is 9.53 Å². The molecule has 5 aliphatic rings. The number of rotatable bonds is 3. The molecule has 3 atom stereocenters. The summed E-state index contributed by atoms with van der Waals surface area (Å²) >= 11 is 8.49. The number of esters is 1. The Morgan fingerprint density at radius 1 is 1.30 bits per heavy atom. The number of hydrogen-bond acceptors (Lipinski definition) is 5. The van der Waals surface area contributed by atoms with Gasteiger partial charge in [-0.2, -0.15) is 0 Å². The third-order valence-corrected chi connectivity index (χ3v) is 9.57. The number of aromatic amines is 1. The van der Waals surface area contributed by atoms with Gasteiger partial charge in [-0.3, -0.25) is 9.59 Å². The molecular formula is C23H27ClN2O3S. The predicted molar refractivity (Wildman–Crippen MR) is 117 cm³/mol. The first kappa shape index (κ1) is 19.3. The van der Waals surface area contributed by atoms with E-state index in [2.05, 4.69) is 16.9 Å². The highest BCUT2D eigenvalue weighted by Gasteiger charge is 2.60. The largest absolute Gasteiger partial charge is 0.457 e. The predicted octanol–water partition coefficient (Wildman–Crippen LogP) is 4.73. The normalized spacial score (nSPS) is 36.8. The average Bonchev–Trinajstić information content (AvgIpc) is 3.01. The van der Waals surface area contributed by atoms with E-state index in [0.717, 1.165) is 61.6 Å². The topological polar surface area (TPSA) is 72.0 Å². The number of nitrogens with one attached hydrogen (secondary N) is 1. The van der Waals surface area contributed by atoms with Crippen LogP contribution in [-0.4, -0.2) is 20.8 Å². The number of carbonyl (C=O) groups excluding carboxylic acids is 1. The van der Waals surface area contributed by atoms with Crippen LogP contribution < -0.4 is 5.56 Å². The number of thiophene rings is 1. The van der Waals surface area contributed by atoms with Crippen molar-refractivity contribution in [2.45, 2.75) is 76.2 Å². The summed E-state index contributed by atoms with van der Waals surface area (Å²) in [5.74, 6) is 2.04. The van der Waals surface area contributed by atoms with Gasteiger partial charge < -0.3 is 9.72 Å². The third kappa shape index (κ3) is 2.97. The van der Waals surface area contributed by atoms with Crippen LogP contribution >= 0.6 is 22.9 Å². The molecule has 5 nitrogen and oxygen atoms in total. The summed E-state index contributed by atoms with van der Waals surface area (Å²) in [7, 11) is 0. The minimum atomic E-state index is -0.436. The maximum absolute atomic E-state index is 13.2. The van der Waals surface area contributed by atoms with Crippen molar-refractivity contribution in [1.82, 2.24) is 9.97 Å². The van der Waals surface area contributed by atoms with Crippen LogP contribution in [0, 0.1) is 23.2 Å². The number of aryl methyl sites for hydroxylation is 1.